The number of hydrogen-bond donors (Lipinski definition) is 1. The summed E-state index contributed by atoms with van der Waals surface area (Å²) in [4.78, 5) is 17.5. The molecule has 122 valence electrons. The molecule has 23 heavy (non-hydrogen) atoms. The van der Waals surface area contributed by atoms with Gasteiger partial charge in [0, 0.05) is 30.3 Å². The Morgan fingerprint density at radius 2 is 2.39 bits per heavy atom. The van der Waals surface area contributed by atoms with Crippen LogP contribution in [-0.4, -0.2) is 36.8 Å². The van der Waals surface area contributed by atoms with Gasteiger partial charge >= 0.3 is 0 Å². The Hall–Kier alpha value is -1.92. The zero-order chi connectivity index (χ0) is 15.9. The predicted octanol–water partition coefficient (Wildman–Crippen LogP) is 2.67. The van der Waals surface area contributed by atoms with Crippen LogP contribution in [0.5, 0.6) is 5.88 Å². The molecule has 3 rings (SSSR count). The summed E-state index contributed by atoms with van der Waals surface area (Å²) in [5, 5.41) is 4.94. The minimum Gasteiger partial charge on any atom is -0.475 e. The van der Waals surface area contributed by atoms with Gasteiger partial charge in [-0.15, -0.1) is 11.3 Å². The summed E-state index contributed by atoms with van der Waals surface area (Å²) >= 11 is 1.70. The number of aromatic nitrogens is 1. The maximum Gasteiger partial charge on any atom is 0.252 e. The lowest BCUT2D eigenvalue weighted by atomic mass is 10.2. The third kappa shape index (κ3) is 4.77. The molecule has 0 spiro atoms. The average molecular weight is 332 g/mol. The summed E-state index contributed by atoms with van der Waals surface area (Å²) < 4.78 is 11.1. The van der Waals surface area contributed by atoms with Crippen molar-refractivity contribution in [1.29, 1.82) is 0 Å². The van der Waals surface area contributed by atoms with Gasteiger partial charge in [-0.05, 0) is 36.8 Å². The van der Waals surface area contributed by atoms with E-state index in [9.17, 15) is 4.79 Å². The van der Waals surface area contributed by atoms with Crippen molar-refractivity contribution in [2.45, 2.75) is 25.4 Å². The van der Waals surface area contributed by atoms with E-state index in [1.165, 1.54) is 4.88 Å². The van der Waals surface area contributed by atoms with Crippen LogP contribution < -0.4 is 10.1 Å². The summed E-state index contributed by atoms with van der Waals surface area (Å²) in [6.45, 7) is 1.95. The van der Waals surface area contributed by atoms with Crippen LogP contribution in [0.25, 0.3) is 0 Å². The molecule has 0 bridgehead atoms. The van der Waals surface area contributed by atoms with Crippen molar-refractivity contribution in [2.75, 3.05) is 19.8 Å². The Labute approximate surface area is 139 Å². The number of pyridine rings is 1. The molecule has 1 atom stereocenters. The van der Waals surface area contributed by atoms with Crippen molar-refractivity contribution in [1.82, 2.24) is 10.3 Å². The topological polar surface area (TPSA) is 60.5 Å². The number of carbonyl (C=O) groups excluding carboxylic acids is 1. The number of nitrogens with one attached hydrogen (secondary N) is 1. The molecule has 1 aliphatic heterocycles. The molecule has 1 fully saturated rings. The van der Waals surface area contributed by atoms with Crippen molar-refractivity contribution in [3.05, 3.63) is 46.3 Å². The highest BCUT2D eigenvalue weighted by molar-refractivity contribution is 7.09. The van der Waals surface area contributed by atoms with E-state index in [-0.39, 0.29) is 12.0 Å². The molecule has 1 aliphatic rings. The molecule has 0 saturated carbocycles. The molecule has 1 saturated heterocycles. The van der Waals surface area contributed by atoms with Gasteiger partial charge < -0.3 is 14.8 Å². The number of ether oxygens (including phenoxy) is 2. The Balaban J connectivity index is 1.43. The van der Waals surface area contributed by atoms with Gasteiger partial charge in [0.1, 0.15) is 6.61 Å². The summed E-state index contributed by atoms with van der Waals surface area (Å²) in [6, 6.07) is 7.54. The van der Waals surface area contributed by atoms with Crippen LogP contribution in [0, 0.1) is 0 Å². The van der Waals surface area contributed by atoms with Gasteiger partial charge in [0.2, 0.25) is 5.88 Å². The van der Waals surface area contributed by atoms with Crippen LogP contribution in [-0.2, 0) is 11.2 Å². The zero-order valence-corrected chi connectivity index (χ0v) is 13.7. The molecule has 2 aromatic heterocycles. The van der Waals surface area contributed by atoms with E-state index >= 15 is 0 Å². The lowest BCUT2D eigenvalue weighted by Crippen LogP contribution is -2.25. The highest BCUT2D eigenvalue weighted by Gasteiger charge is 2.16. The fourth-order valence-electron chi connectivity index (χ4n) is 2.41. The third-order valence-corrected chi connectivity index (χ3v) is 4.61. The standard InChI is InChI=1S/C17H20N2O3S/c20-17(18-8-7-15-4-2-10-23-15)13-5-6-16(19-11-13)22-12-14-3-1-9-21-14/h2,4-6,10-11,14H,1,3,7-9,12H2,(H,18,20)/t14-/m1/s1. The predicted molar refractivity (Wildman–Crippen MR) is 89.1 cm³/mol. The van der Waals surface area contributed by atoms with Crippen LogP contribution in [0.3, 0.4) is 0 Å². The Morgan fingerprint density at radius 3 is 3.09 bits per heavy atom. The molecule has 0 aromatic carbocycles. The fraction of sp³-hybridized carbons (Fsp3) is 0.412. The molecule has 3 heterocycles. The van der Waals surface area contributed by atoms with E-state index in [1.807, 2.05) is 11.4 Å². The number of hydrogen-bond acceptors (Lipinski definition) is 5. The highest BCUT2D eigenvalue weighted by Crippen LogP contribution is 2.14. The minimum absolute atomic E-state index is 0.111. The smallest absolute Gasteiger partial charge is 0.252 e. The van der Waals surface area contributed by atoms with Gasteiger partial charge in [-0.1, -0.05) is 6.07 Å². The third-order valence-electron chi connectivity index (χ3n) is 3.68. The van der Waals surface area contributed by atoms with Gasteiger partial charge in [-0.25, -0.2) is 4.98 Å². The number of nitrogens with zero attached hydrogens (tertiary/aromatic N) is 1. The van der Waals surface area contributed by atoms with Crippen LogP contribution in [0.4, 0.5) is 0 Å². The van der Waals surface area contributed by atoms with Crippen LogP contribution in [0.1, 0.15) is 28.1 Å². The second-order valence-corrected chi connectivity index (χ2v) is 6.45. The van der Waals surface area contributed by atoms with Gasteiger partial charge in [-0.2, -0.15) is 0 Å². The van der Waals surface area contributed by atoms with Crippen molar-refractivity contribution in [3.8, 4) is 5.88 Å². The van der Waals surface area contributed by atoms with Crippen molar-refractivity contribution < 1.29 is 14.3 Å². The quantitative estimate of drug-likeness (QED) is 0.847. The summed E-state index contributed by atoms with van der Waals surface area (Å²) in [6.07, 6.45) is 4.68. The molecule has 1 N–H and O–H groups in total. The van der Waals surface area contributed by atoms with Crippen LogP contribution in [0.15, 0.2) is 35.8 Å². The maximum atomic E-state index is 12.0. The average Bonchev–Trinajstić information content (AvgIpc) is 3.27. The SMILES string of the molecule is O=C(NCCc1cccs1)c1ccc(OC[C@H]2CCCO2)nc1. The van der Waals surface area contributed by atoms with Crippen molar-refractivity contribution in [2.24, 2.45) is 0 Å². The van der Waals surface area contributed by atoms with Crippen LogP contribution in [0.2, 0.25) is 0 Å². The molecule has 0 radical (unpaired) electrons. The summed E-state index contributed by atoms with van der Waals surface area (Å²) in [5.74, 6) is 0.412. The lowest BCUT2D eigenvalue weighted by molar-refractivity contribution is 0.0663. The van der Waals surface area contributed by atoms with Gasteiger partial charge in [0.25, 0.3) is 5.91 Å². The highest BCUT2D eigenvalue weighted by atomic mass is 32.1. The first-order valence-corrected chi connectivity index (χ1v) is 8.70. The van der Waals surface area contributed by atoms with Gasteiger partial charge in [0.15, 0.2) is 0 Å². The Kier molecular flexibility index (Phi) is 5.60. The van der Waals surface area contributed by atoms with E-state index < -0.39 is 0 Å². The first-order valence-electron chi connectivity index (χ1n) is 7.82. The largest absolute Gasteiger partial charge is 0.475 e. The molecule has 1 amide bonds. The zero-order valence-electron chi connectivity index (χ0n) is 12.9. The maximum absolute atomic E-state index is 12.0. The normalized spacial score (nSPS) is 17.1. The van der Waals surface area contributed by atoms with Gasteiger partial charge in [-0.3, -0.25) is 4.79 Å². The molecule has 0 aliphatic carbocycles. The van der Waals surface area contributed by atoms with E-state index in [0.29, 0.717) is 24.6 Å². The molecule has 6 heteroatoms. The number of thiophene rings is 1. The van der Waals surface area contributed by atoms with E-state index in [1.54, 1.807) is 29.7 Å². The minimum atomic E-state index is -0.111. The molecule has 2 aromatic rings. The molecular formula is C17H20N2O3S. The Morgan fingerprint density at radius 1 is 1.43 bits per heavy atom. The second-order valence-electron chi connectivity index (χ2n) is 5.42. The summed E-state index contributed by atoms with van der Waals surface area (Å²) in [5.41, 5.74) is 0.542. The van der Waals surface area contributed by atoms with Crippen molar-refractivity contribution >= 4 is 17.2 Å². The Bertz CT molecular complexity index is 607. The number of amides is 1. The second kappa shape index (κ2) is 8.08. The fourth-order valence-corrected chi connectivity index (χ4v) is 3.12. The molecule has 5 nitrogen and oxygen atoms in total. The molecule has 0 unspecified atom stereocenters. The first-order chi connectivity index (χ1) is 11.3. The number of carbonyl (C=O) groups is 1. The van der Waals surface area contributed by atoms with E-state index in [4.69, 9.17) is 9.47 Å². The van der Waals surface area contributed by atoms with Crippen molar-refractivity contribution in [3.63, 3.8) is 0 Å². The van der Waals surface area contributed by atoms with Gasteiger partial charge in [0.05, 0.1) is 11.7 Å². The lowest BCUT2D eigenvalue weighted by Gasteiger charge is -2.11. The van der Waals surface area contributed by atoms with E-state index in [2.05, 4.69) is 16.4 Å². The molecular weight excluding hydrogens is 312 g/mol. The summed E-state index contributed by atoms with van der Waals surface area (Å²) in [7, 11) is 0. The number of rotatable bonds is 7. The monoisotopic (exact) mass is 332 g/mol. The first kappa shape index (κ1) is 16.0. The van der Waals surface area contributed by atoms with E-state index in [0.717, 1.165) is 25.9 Å². The van der Waals surface area contributed by atoms with Crippen LogP contribution >= 0.6 is 11.3 Å².